The number of esters is 1. The van der Waals surface area contributed by atoms with Crippen LogP contribution in [0.5, 0.6) is 0 Å². The minimum Gasteiger partial charge on any atom is -0.465 e. The van der Waals surface area contributed by atoms with Gasteiger partial charge in [0.2, 0.25) is 0 Å². The molecule has 0 saturated heterocycles. The average Bonchev–Trinajstić information content (AvgIpc) is 2.57. The Hall–Kier alpha value is -2.50. The van der Waals surface area contributed by atoms with Crippen LogP contribution in [0.25, 0.3) is 0 Å². The lowest BCUT2D eigenvalue weighted by atomic mass is 9.98. The summed E-state index contributed by atoms with van der Waals surface area (Å²) in [7, 11) is 1.31. The van der Waals surface area contributed by atoms with Crippen LogP contribution in [0, 0.1) is 18.6 Å². The van der Waals surface area contributed by atoms with Crippen molar-refractivity contribution in [1.29, 1.82) is 0 Å². The highest BCUT2D eigenvalue weighted by atomic mass is 19.1. The molecule has 0 saturated carbocycles. The molecule has 1 aliphatic heterocycles. The van der Waals surface area contributed by atoms with Crippen molar-refractivity contribution in [3.8, 4) is 0 Å². The Bertz CT molecular complexity index is 777. The van der Waals surface area contributed by atoms with Crippen molar-refractivity contribution in [2.45, 2.75) is 19.9 Å². The van der Waals surface area contributed by atoms with Crippen molar-refractivity contribution in [2.75, 3.05) is 18.6 Å². The quantitative estimate of drug-likeness (QED) is 0.798. The molecule has 23 heavy (non-hydrogen) atoms. The lowest BCUT2D eigenvalue weighted by Gasteiger charge is -2.30. The van der Waals surface area contributed by atoms with Crippen LogP contribution < -0.4 is 4.90 Å². The van der Waals surface area contributed by atoms with Gasteiger partial charge in [0.15, 0.2) is 0 Å². The molecule has 0 fully saturated rings. The number of pyridine rings is 1. The van der Waals surface area contributed by atoms with Gasteiger partial charge in [-0.2, -0.15) is 0 Å². The van der Waals surface area contributed by atoms with E-state index in [1.807, 2.05) is 4.90 Å². The van der Waals surface area contributed by atoms with Crippen molar-refractivity contribution >= 4 is 11.8 Å². The Morgan fingerprint density at radius 2 is 1.87 bits per heavy atom. The first-order valence-corrected chi connectivity index (χ1v) is 7.28. The predicted molar refractivity (Wildman–Crippen MR) is 81.4 cm³/mol. The molecule has 3 rings (SSSR count). The van der Waals surface area contributed by atoms with Crippen LogP contribution >= 0.6 is 0 Å². The maximum absolute atomic E-state index is 14.0. The standard InChI is InChI=1S/C17H16F2N2O2/c1-10-11(17(22)23-2)3-6-16(20-10)21-8-7-12-13(9-21)15(19)5-4-14(12)18/h3-6H,7-9H2,1-2H3. The molecule has 1 aromatic carbocycles. The Balaban J connectivity index is 1.91. The van der Waals surface area contributed by atoms with Crippen LogP contribution in [0.3, 0.4) is 0 Å². The molecule has 6 heteroatoms. The van der Waals surface area contributed by atoms with Crippen molar-refractivity contribution in [3.05, 3.63) is 58.3 Å². The van der Waals surface area contributed by atoms with Crippen LogP contribution in [0.15, 0.2) is 24.3 Å². The lowest BCUT2D eigenvalue weighted by molar-refractivity contribution is 0.0599. The number of ether oxygens (including phenoxy) is 1. The van der Waals surface area contributed by atoms with Gasteiger partial charge in [0.1, 0.15) is 17.5 Å². The Kier molecular flexibility index (Phi) is 3.98. The Morgan fingerprint density at radius 1 is 1.17 bits per heavy atom. The second kappa shape index (κ2) is 5.95. The molecule has 0 amide bonds. The molecule has 1 aromatic heterocycles. The summed E-state index contributed by atoms with van der Waals surface area (Å²) in [5, 5.41) is 0. The van der Waals surface area contributed by atoms with Gasteiger partial charge in [-0.25, -0.2) is 18.6 Å². The van der Waals surface area contributed by atoms with Crippen molar-refractivity contribution in [2.24, 2.45) is 0 Å². The zero-order valence-corrected chi connectivity index (χ0v) is 12.9. The number of nitrogens with zero attached hydrogens (tertiary/aromatic N) is 2. The first-order chi connectivity index (χ1) is 11.0. The summed E-state index contributed by atoms with van der Waals surface area (Å²) >= 11 is 0. The summed E-state index contributed by atoms with van der Waals surface area (Å²) in [6, 6.07) is 5.65. The molecule has 0 N–H and O–H groups in total. The fourth-order valence-electron chi connectivity index (χ4n) is 2.84. The SMILES string of the molecule is COC(=O)c1ccc(N2CCc3c(F)ccc(F)c3C2)nc1C. The van der Waals surface area contributed by atoms with E-state index >= 15 is 0 Å². The molecule has 2 aromatic rings. The van der Waals surface area contributed by atoms with Gasteiger partial charge in [-0.1, -0.05) is 0 Å². The summed E-state index contributed by atoms with van der Waals surface area (Å²) in [5.74, 6) is -0.594. The summed E-state index contributed by atoms with van der Waals surface area (Å²) in [6.07, 6.45) is 0.415. The molecule has 120 valence electrons. The summed E-state index contributed by atoms with van der Waals surface area (Å²) < 4.78 is 32.4. The third-order valence-corrected chi connectivity index (χ3v) is 4.10. The number of hydrogen-bond donors (Lipinski definition) is 0. The van der Waals surface area contributed by atoms with E-state index in [4.69, 9.17) is 4.74 Å². The second-order valence-electron chi connectivity index (χ2n) is 5.45. The van der Waals surface area contributed by atoms with Gasteiger partial charge in [0.25, 0.3) is 0 Å². The number of carbonyl (C=O) groups excluding carboxylic acids is 1. The molecule has 0 bridgehead atoms. The minimum atomic E-state index is -0.446. The topological polar surface area (TPSA) is 42.4 Å². The molecular formula is C17H16F2N2O2. The van der Waals surface area contributed by atoms with Gasteiger partial charge < -0.3 is 9.64 Å². The molecule has 0 radical (unpaired) electrons. The summed E-state index contributed by atoms with van der Waals surface area (Å²) in [4.78, 5) is 17.9. The number of anilines is 1. The fourth-order valence-corrected chi connectivity index (χ4v) is 2.84. The monoisotopic (exact) mass is 318 g/mol. The number of methoxy groups -OCH3 is 1. The number of aromatic nitrogens is 1. The molecular weight excluding hydrogens is 302 g/mol. The van der Waals surface area contributed by atoms with Crippen molar-refractivity contribution in [1.82, 2.24) is 4.98 Å². The van der Waals surface area contributed by atoms with Gasteiger partial charge in [-0.05, 0) is 43.2 Å². The van der Waals surface area contributed by atoms with Gasteiger partial charge in [0.05, 0.1) is 18.4 Å². The third kappa shape index (κ3) is 2.76. The van der Waals surface area contributed by atoms with Crippen LogP contribution in [-0.4, -0.2) is 24.6 Å². The van der Waals surface area contributed by atoms with Crippen molar-refractivity contribution in [3.63, 3.8) is 0 Å². The highest BCUT2D eigenvalue weighted by Crippen LogP contribution is 2.27. The van der Waals surface area contributed by atoms with Gasteiger partial charge in [0, 0.05) is 18.7 Å². The van der Waals surface area contributed by atoms with Crippen LogP contribution in [-0.2, 0) is 17.7 Å². The van der Waals surface area contributed by atoms with Gasteiger partial charge in [-0.15, -0.1) is 0 Å². The zero-order valence-electron chi connectivity index (χ0n) is 12.9. The van der Waals surface area contributed by atoms with E-state index in [-0.39, 0.29) is 12.4 Å². The number of benzene rings is 1. The van der Waals surface area contributed by atoms with E-state index in [9.17, 15) is 13.6 Å². The average molecular weight is 318 g/mol. The fraction of sp³-hybridized carbons (Fsp3) is 0.294. The van der Waals surface area contributed by atoms with Crippen LogP contribution in [0.2, 0.25) is 0 Å². The van der Waals surface area contributed by atoms with Crippen LogP contribution in [0.4, 0.5) is 14.6 Å². The van der Waals surface area contributed by atoms with E-state index < -0.39 is 11.8 Å². The number of hydrogen-bond acceptors (Lipinski definition) is 4. The lowest BCUT2D eigenvalue weighted by Crippen LogP contribution is -2.32. The van der Waals surface area contributed by atoms with Crippen LogP contribution in [0.1, 0.15) is 27.2 Å². The molecule has 0 spiro atoms. The number of halogens is 2. The van der Waals surface area contributed by atoms with E-state index in [2.05, 4.69) is 4.98 Å². The number of rotatable bonds is 2. The Labute approximate surface area is 132 Å². The number of carbonyl (C=O) groups is 1. The molecule has 4 nitrogen and oxygen atoms in total. The molecule has 0 aliphatic carbocycles. The highest BCUT2D eigenvalue weighted by Gasteiger charge is 2.23. The smallest absolute Gasteiger partial charge is 0.339 e. The highest BCUT2D eigenvalue weighted by molar-refractivity contribution is 5.90. The second-order valence-corrected chi connectivity index (χ2v) is 5.45. The maximum Gasteiger partial charge on any atom is 0.339 e. The Morgan fingerprint density at radius 3 is 2.52 bits per heavy atom. The molecule has 1 aliphatic rings. The van der Waals surface area contributed by atoms with Crippen molar-refractivity contribution < 1.29 is 18.3 Å². The predicted octanol–water partition coefficient (Wildman–Crippen LogP) is 3.02. The van der Waals surface area contributed by atoms with E-state index in [1.54, 1.807) is 19.1 Å². The van der Waals surface area contributed by atoms with E-state index in [1.165, 1.54) is 7.11 Å². The summed E-state index contributed by atoms with van der Waals surface area (Å²) in [6.45, 7) is 2.51. The molecule has 0 atom stereocenters. The number of fused-ring (bicyclic) bond motifs is 1. The third-order valence-electron chi connectivity index (χ3n) is 4.10. The largest absolute Gasteiger partial charge is 0.465 e. The van der Waals surface area contributed by atoms with Gasteiger partial charge >= 0.3 is 5.97 Å². The van der Waals surface area contributed by atoms with E-state index in [0.717, 1.165) is 12.1 Å². The molecule has 2 heterocycles. The summed E-state index contributed by atoms with van der Waals surface area (Å²) in [5.41, 5.74) is 1.74. The van der Waals surface area contributed by atoms with Gasteiger partial charge in [-0.3, -0.25) is 0 Å². The minimum absolute atomic E-state index is 0.253. The first kappa shape index (κ1) is 15.4. The zero-order chi connectivity index (χ0) is 16.6. The normalized spacial score (nSPS) is 13.7. The van der Waals surface area contributed by atoms with E-state index in [0.29, 0.717) is 41.2 Å². The molecule has 0 unspecified atom stereocenters. The number of aryl methyl sites for hydroxylation is 1. The first-order valence-electron chi connectivity index (χ1n) is 7.28. The maximum atomic E-state index is 14.0.